The van der Waals surface area contributed by atoms with Crippen LogP contribution in [0.25, 0.3) is 11.1 Å². The zero-order chi connectivity index (χ0) is 13.1. The number of anilines is 2. The third-order valence-electron chi connectivity index (χ3n) is 2.39. The zero-order valence-corrected chi connectivity index (χ0v) is 10.3. The number of nitrogens with two attached hydrogens (primary N) is 1. The maximum Gasteiger partial charge on any atom is 0.328 e. The molecule has 2 rings (SSSR count). The Morgan fingerprint density at radius 3 is 3.11 bits per heavy atom. The Balaban J connectivity index is 2.14. The number of oxazole rings is 1. The van der Waals surface area contributed by atoms with Gasteiger partial charge in [0.2, 0.25) is 0 Å². The van der Waals surface area contributed by atoms with Gasteiger partial charge in [0.1, 0.15) is 11.6 Å². The van der Waals surface area contributed by atoms with Gasteiger partial charge in [-0.05, 0) is 26.0 Å². The summed E-state index contributed by atoms with van der Waals surface area (Å²) in [6, 6.07) is 4.94. The van der Waals surface area contributed by atoms with Crippen molar-refractivity contribution in [1.29, 1.82) is 0 Å². The van der Waals surface area contributed by atoms with Crippen molar-refractivity contribution in [3.63, 3.8) is 0 Å². The number of fused-ring (bicyclic) bond motifs is 1. The van der Waals surface area contributed by atoms with Gasteiger partial charge >= 0.3 is 5.97 Å². The van der Waals surface area contributed by atoms with Crippen molar-refractivity contribution in [2.24, 2.45) is 0 Å². The largest absolute Gasteiger partial charge is 0.464 e. The summed E-state index contributed by atoms with van der Waals surface area (Å²) in [5, 5.41) is 2.84. The number of esters is 1. The van der Waals surface area contributed by atoms with E-state index >= 15 is 0 Å². The summed E-state index contributed by atoms with van der Waals surface area (Å²) in [5.41, 5.74) is 7.50. The molecule has 0 aliphatic heterocycles. The number of aromatic nitrogens is 1. The van der Waals surface area contributed by atoms with E-state index in [9.17, 15) is 4.79 Å². The molecule has 0 saturated carbocycles. The fourth-order valence-electron chi connectivity index (χ4n) is 1.51. The highest BCUT2D eigenvalue weighted by molar-refractivity contribution is 5.80. The molecule has 0 bridgehead atoms. The highest BCUT2D eigenvalue weighted by Gasteiger charge is 2.16. The van der Waals surface area contributed by atoms with Gasteiger partial charge in [-0.3, -0.25) is 0 Å². The molecule has 0 spiro atoms. The van der Waals surface area contributed by atoms with Crippen LogP contribution in [0.15, 0.2) is 22.6 Å². The number of nitrogens with one attached hydrogen (secondary N) is 1. The molecule has 1 atom stereocenters. The smallest absolute Gasteiger partial charge is 0.328 e. The molecule has 18 heavy (non-hydrogen) atoms. The standard InChI is InChI=1S/C12H15N3O3/c1-3-17-11(16)7(2)14-12-15-9-5-4-8(13)6-10(9)18-12/h4-7H,3,13H2,1-2H3,(H,14,15). The summed E-state index contributed by atoms with van der Waals surface area (Å²) in [6.45, 7) is 3.78. The third kappa shape index (κ3) is 2.53. The molecule has 1 aromatic carbocycles. The molecule has 1 aromatic heterocycles. The number of ether oxygens (including phenoxy) is 1. The first-order chi connectivity index (χ1) is 8.60. The monoisotopic (exact) mass is 249 g/mol. The van der Waals surface area contributed by atoms with Crippen molar-refractivity contribution >= 4 is 28.8 Å². The Hall–Kier alpha value is -2.24. The Morgan fingerprint density at radius 1 is 1.61 bits per heavy atom. The van der Waals surface area contributed by atoms with E-state index in [2.05, 4.69) is 10.3 Å². The van der Waals surface area contributed by atoms with Crippen molar-refractivity contribution in [2.75, 3.05) is 17.7 Å². The number of carbonyl (C=O) groups is 1. The maximum absolute atomic E-state index is 11.4. The molecule has 6 nitrogen and oxygen atoms in total. The second-order valence-corrected chi connectivity index (χ2v) is 3.86. The average Bonchev–Trinajstić information content (AvgIpc) is 2.70. The summed E-state index contributed by atoms with van der Waals surface area (Å²) in [7, 11) is 0. The first-order valence-electron chi connectivity index (χ1n) is 5.69. The van der Waals surface area contributed by atoms with E-state index in [1.54, 1.807) is 32.0 Å². The lowest BCUT2D eigenvalue weighted by molar-refractivity contribution is -0.143. The Morgan fingerprint density at radius 2 is 2.39 bits per heavy atom. The second kappa shape index (κ2) is 4.95. The van der Waals surface area contributed by atoms with Gasteiger partial charge in [-0.25, -0.2) is 4.79 Å². The summed E-state index contributed by atoms with van der Waals surface area (Å²) in [4.78, 5) is 15.6. The predicted octanol–water partition coefficient (Wildman–Crippen LogP) is 1.77. The summed E-state index contributed by atoms with van der Waals surface area (Å²) in [6.07, 6.45) is 0. The van der Waals surface area contributed by atoms with Crippen LogP contribution in [0.3, 0.4) is 0 Å². The lowest BCUT2D eigenvalue weighted by Gasteiger charge is -2.09. The van der Waals surface area contributed by atoms with Gasteiger partial charge in [-0.1, -0.05) is 0 Å². The second-order valence-electron chi connectivity index (χ2n) is 3.86. The molecular weight excluding hydrogens is 234 g/mol. The number of nitrogens with zero attached hydrogens (tertiary/aromatic N) is 1. The van der Waals surface area contributed by atoms with Crippen molar-refractivity contribution < 1.29 is 13.9 Å². The number of hydrogen-bond donors (Lipinski definition) is 2. The summed E-state index contributed by atoms with van der Waals surface area (Å²) in [5.74, 6) is -0.348. The minimum atomic E-state index is -0.518. The number of nitrogen functional groups attached to an aromatic ring is 1. The predicted molar refractivity (Wildman–Crippen MR) is 68.1 cm³/mol. The molecule has 96 valence electrons. The Labute approximate surface area is 104 Å². The average molecular weight is 249 g/mol. The molecule has 1 heterocycles. The van der Waals surface area contributed by atoms with Crippen LogP contribution in [0.5, 0.6) is 0 Å². The lowest BCUT2D eigenvalue weighted by Crippen LogP contribution is -2.28. The highest BCUT2D eigenvalue weighted by atomic mass is 16.5. The number of benzene rings is 1. The lowest BCUT2D eigenvalue weighted by atomic mass is 10.3. The molecule has 0 fully saturated rings. The van der Waals surface area contributed by atoms with Crippen LogP contribution < -0.4 is 11.1 Å². The molecule has 0 aliphatic carbocycles. The number of carbonyl (C=O) groups excluding carboxylic acids is 1. The van der Waals surface area contributed by atoms with Gasteiger partial charge in [-0.2, -0.15) is 4.98 Å². The van der Waals surface area contributed by atoms with Crippen molar-refractivity contribution in [2.45, 2.75) is 19.9 Å². The van der Waals surface area contributed by atoms with E-state index in [0.717, 1.165) is 0 Å². The number of rotatable bonds is 4. The quantitative estimate of drug-likeness (QED) is 0.634. The highest BCUT2D eigenvalue weighted by Crippen LogP contribution is 2.21. The van der Waals surface area contributed by atoms with Gasteiger partial charge in [0.25, 0.3) is 6.01 Å². The van der Waals surface area contributed by atoms with Crippen molar-refractivity contribution in [3.05, 3.63) is 18.2 Å². The van der Waals surface area contributed by atoms with Crippen LogP contribution in [0, 0.1) is 0 Å². The normalized spacial score (nSPS) is 12.3. The van der Waals surface area contributed by atoms with Crippen LogP contribution >= 0.6 is 0 Å². The third-order valence-corrected chi connectivity index (χ3v) is 2.39. The van der Waals surface area contributed by atoms with E-state index in [1.807, 2.05) is 0 Å². The molecule has 1 unspecified atom stereocenters. The van der Waals surface area contributed by atoms with Crippen LogP contribution in [-0.2, 0) is 9.53 Å². The maximum atomic E-state index is 11.4. The first kappa shape index (κ1) is 12.2. The molecule has 2 aromatic rings. The Kier molecular flexibility index (Phi) is 3.36. The minimum Gasteiger partial charge on any atom is -0.464 e. The van der Waals surface area contributed by atoms with E-state index in [4.69, 9.17) is 14.9 Å². The molecule has 0 saturated heterocycles. The zero-order valence-electron chi connectivity index (χ0n) is 10.3. The van der Waals surface area contributed by atoms with Crippen molar-refractivity contribution in [1.82, 2.24) is 4.98 Å². The van der Waals surface area contributed by atoms with Gasteiger partial charge in [-0.15, -0.1) is 0 Å². The molecule has 0 aliphatic rings. The van der Waals surface area contributed by atoms with E-state index in [-0.39, 0.29) is 12.0 Å². The van der Waals surface area contributed by atoms with Crippen LogP contribution in [0.1, 0.15) is 13.8 Å². The van der Waals surface area contributed by atoms with Gasteiger partial charge in [0, 0.05) is 11.8 Å². The topological polar surface area (TPSA) is 90.4 Å². The molecule has 0 radical (unpaired) electrons. The van der Waals surface area contributed by atoms with Crippen LogP contribution in [-0.4, -0.2) is 23.6 Å². The van der Waals surface area contributed by atoms with Crippen molar-refractivity contribution in [3.8, 4) is 0 Å². The molecular formula is C12H15N3O3. The van der Waals surface area contributed by atoms with Gasteiger partial charge < -0.3 is 20.2 Å². The van der Waals surface area contributed by atoms with E-state index in [1.165, 1.54) is 0 Å². The van der Waals surface area contributed by atoms with E-state index < -0.39 is 6.04 Å². The summed E-state index contributed by atoms with van der Waals surface area (Å²) >= 11 is 0. The fourth-order valence-corrected chi connectivity index (χ4v) is 1.51. The summed E-state index contributed by atoms with van der Waals surface area (Å²) < 4.78 is 10.3. The Bertz CT molecular complexity index is 565. The number of hydrogen-bond acceptors (Lipinski definition) is 6. The molecule has 3 N–H and O–H groups in total. The first-order valence-corrected chi connectivity index (χ1v) is 5.69. The molecule has 0 amide bonds. The SMILES string of the molecule is CCOC(=O)C(C)Nc1nc2ccc(N)cc2o1. The van der Waals surface area contributed by atoms with E-state index in [0.29, 0.717) is 23.4 Å². The fraction of sp³-hybridized carbons (Fsp3) is 0.333. The molecule has 6 heteroatoms. The van der Waals surface area contributed by atoms with Crippen LogP contribution in [0.4, 0.5) is 11.7 Å². The minimum absolute atomic E-state index is 0.274. The van der Waals surface area contributed by atoms with Gasteiger partial charge in [0.15, 0.2) is 5.58 Å². The van der Waals surface area contributed by atoms with Gasteiger partial charge in [0.05, 0.1) is 6.61 Å². The van der Waals surface area contributed by atoms with Crippen LogP contribution in [0.2, 0.25) is 0 Å².